The Labute approximate surface area is 97.0 Å². The lowest BCUT2D eigenvalue weighted by atomic mass is 10.0. The fourth-order valence-electron chi connectivity index (χ4n) is 1.74. The van der Waals surface area contributed by atoms with Crippen molar-refractivity contribution in [1.29, 1.82) is 0 Å². The van der Waals surface area contributed by atoms with Crippen molar-refractivity contribution in [1.82, 2.24) is 5.32 Å². The van der Waals surface area contributed by atoms with Crippen molar-refractivity contribution in [2.45, 2.75) is 39.3 Å². The number of hydrogen-bond donors (Lipinski definition) is 2. The first-order valence-electron chi connectivity index (χ1n) is 5.66. The molecule has 1 rings (SSSR count). The van der Waals surface area contributed by atoms with Gasteiger partial charge in [-0.1, -0.05) is 36.8 Å². The monoisotopic (exact) mass is 220 g/mol. The Kier molecular flexibility index (Phi) is 4.50. The highest BCUT2D eigenvalue weighted by Gasteiger charge is 2.16. The van der Waals surface area contributed by atoms with E-state index in [-0.39, 0.29) is 18.0 Å². The summed E-state index contributed by atoms with van der Waals surface area (Å²) in [5.74, 6) is -0.290. The van der Waals surface area contributed by atoms with Crippen molar-refractivity contribution in [2.75, 3.05) is 0 Å². The molecule has 0 heterocycles. The summed E-state index contributed by atoms with van der Waals surface area (Å²) in [5, 5.41) is 3.24. The van der Waals surface area contributed by atoms with E-state index in [1.54, 1.807) is 0 Å². The number of amides is 1. The fraction of sp³-hybridized carbons (Fsp3) is 0.462. The van der Waals surface area contributed by atoms with E-state index in [4.69, 9.17) is 5.73 Å². The third-order valence-electron chi connectivity index (χ3n) is 2.75. The predicted molar refractivity (Wildman–Crippen MR) is 66.0 cm³/mol. The van der Waals surface area contributed by atoms with Crippen LogP contribution in [0.3, 0.4) is 0 Å². The highest BCUT2D eigenvalue weighted by molar-refractivity contribution is 5.79. The van der Waals surface area contributed by atoms with Crippen molar-refractivity contribution in [3.63, 3.8) is 0 Å². The maximum atomic E-state index is 11.1. The molecule has 1 aromatic rings. The molecule has 16 heavy (non-hydrogen) atoms. The van der Waals surface area contributed by atoms with E-state index in [1.807, 2.05) is 19.9 Å². The summed E-state index contributed by atoms with van der Waals surface area (Å²) in [6.45, 7) is 6.05. The van der Waals surface area contributed by atoms with Crippen molar-refractivity contribution in [3.8, 4) is 0 Å². The SMILES string of the molecule is CCC(N[C@@H](C)c1cccc(C)c1)C(N)=O. The van der Waals surface area contributed by atoms with Gasteiger partial charge in [-0.05, 0) is 25.8 Å². The molecule has 0 aliphatic heterocycles. The third-order valence-corrected chi connectivity index (χ3v) is 2.75. The number of primary amides is 1. The normalized spacial score (nSPS) is 14.4. The molecule has 1 aromatic carbocycles. The second kappa shape index (κ2) is 5.66. The van der Waals surface area contributed by atoms with Gasteiger partial charge in [0, 0.05) is 6.04 Å². The molecular weight excluding hydrogens is 200 g/mol. The first-order valence-corrected chi connectivity index (χ1v) is 5.66. The van der Waals surface area contributed by atoms with E-state index in [9.17, 15) is 4.79 Å². The van der Waals surface area contributed by atoms with Gasteiger partial charge in [-0.2, -0.15) is 0 Å². The molecule has 0 aliphatic carbocycles. The minimum absolute atomic E-state index is 0.136. The van der Waals surface area contributed by atoms with Gasteiger partial charge in [0.1, 0.15) is 0 Å². The molecule has 2 atom stereocenters. The smallest absolute Gasteiger partial charge is 0.234 e. The maximum absolute atomic E-state index is 11.1. The van der Waals surface area contributed by atoms with Gasteiger partial charge in [0.2, 0.25) is 5.91 Å². The average Bonchev–Trinajstić information content (AvgIpc) is 2.25. The molecule has 0 saturated carbocycles. The van der Waals surface area contributed by atoms with Gasteiger partial charge in [0.05, 0.1) is 6.04 Å². The van der Waals surface area contributed by atoms with Crippen molar-refractivity contribution in [3.05, 3.63) is 35.4 Å². The van der Waals surface area contributed by atoms with E-state index in [1.165, 1.54) is 11.1 Å². The first-order chi connectivity index (χ1) is 7.54. The Balaban J connectivity index is 2.71. The molecule has 3 nitrogen and oxygen atoms in total. The van der Waals surface area contributed by atoms with E-state index in [0.29, 0.717) is 6.42 Å². The number of rotatable bonds is 5. The van der Waals surface area contributed by atoms with Crippen LogP contribution in [0, 0.1) is 6.92 Å². The number of carbonyl (C=O) groups excluding carboxylic acids is 1. The zero-order valence-corrected chi connectivity index (χ0v) is 10.2. The second-order valence-electron chi connectivity index (χ2n) is 4.17. The number of hydrogen-bond acceptors (Lipinski definition) is 2. The van der Waals surface area contributed by atoms with Crippen molar-refractivity contribution < 1.29 is 4.79 Å². The summed E-state index contributed by atoms with van der Waals surface area (Å²) in [6, 6.07) is 8.13. The van der Waals surface area contributed by atoms with Crippen molar-refractivity contribution in [2.24, 2.45) is 5.73 Å². The summed E-state index contributed by atoms with van der Waals surface area (Å²) in [5.41, 5.74) is 7.70. The zero-order chi connectivity index (χ0) is 12.1. The topological polar surface area (TPSA) is 55.1 Å². The molecule has 0 aliphatic rings. The Morgan fingerprint density at radius 3 is 2.69 bits per heavy atom. The van der Waals surface area contributed by atoms with Crippen LogP contribution in [0.2, 0.25) is 0 Å². The van der Waals surface area contributed by atoms with E-state index >= 15 is 0 Å². The average molecular weight is 220 g/mol. The molecule has 0 saturated heterocycles. The van der Waals surface area contributed by atoms with Crippen LogP contribution in [-0.2, 0) is 4.79 Å². The highest BCUT2D eigenvalue weighted by atomic mass is 16.1. The minimum atomic E-state index is -0.290. The molecule has 0 radical (unpaired) electrons. The third kappa shape index (κ3) is 3.35. The molecule has 88 valence electrons. The van der Waals surface area contributed by atoms with Crippen LogP contribution in [0.4, 0.5) is 0 Å². The maximum Gasteiger partial charge on any atom is 0.234 e. The van der Waals surface area contributed by atoms with E-state index in [2.05, 4.69) is 30.4 Å². The number of carbonyl (C=O) groups is 1. The Bertz CT molecular complexity index is 363. The van der Waals surface area contributed by atoms with Gasteiger partial charge in [0.25, 0.3) is 0 Å². The molecule has 0 aromatic heterocycles. The van der Waals surface area contributed by atoms with Crippen LogP contribution in [0.5, 0.6) is 0 Å². The highest BCUT2D eigenvalue weighted by Crippen LogP contribution is 2.14. The summed E-state index contributed by atoms with van der Waals surface area (Å²) in [4.78, 5) is 11.1. The predicted octanol–water partition coefficient (Wildman–Crippen LogP) is 1.91. The van der Waals surface area contributed by atoms with Gasteiger partial charge in [-0.15, -0.1) is 0 Å². The molecule has 3 heteroatoms. The van der Waals surface area contributed by atoms with Gasteiger partial charge in [-0.25, -0.2) is 0 Å². The number of nitrogens with one attached hydrogen (secondary N) is 1. The Morgan fingerprint density at radius 1 is 1.50 bits per heavy atom. The Hall–Kier alpha value is -1.35. The minimum Gasteiger partial charge on any atom is -0.368 e. The fourth-order valence-corrected chi connectivity index (χ4v) is 1.74. The van der Waals surface area contributed by atoms with Gasteiger partial charge < -0.3 is 5.73 Å². The second-order valence-corrected chi connectivity index (χ2v) is 4.17. The first kappa shape index (κ1) is 12.7. The molecular formula is C13H20N2O. The zero-order valence-electron chi connectivity index (χ0n) is 10.2. The standard InChI is InChI=1S/C13H20N2O/c1-4-12(13(14)16)15-10(3)11-7-5-6-9(2)8-11/h5-8,10,12,15H,4H2,1-3H3,(H2,14,16)/t10-,12?/m0/s1. The number of benzene rings is 1. The molecule has 3 N–H and O–H groups in total. The summed E-state index contributed by atoms with van der Waals surface area (Å²) >= 11 is 0. The molecule has 0 spiro atoms. The lowest BCUT2D eigenvalue weighted by Gasteiger charge is -2.20. The van der Waals surface area contributed by atoms with E-state index in [0.717, 1.165) is 0 Å². The summed E-state index contributed by atoms with van der Waals surface area (Å²) in [7, 11) is 0. The van der Waals surface area contributed by atoms with Gasteiger partial charge >= 0.3 is 0 Å². The quantitative estimate of drug-likeness (QED) is 0.796. The molecule has 0 bridgehead atoms. The summed E-state index contributed by atoms with van der Waals surface area (Å²) < 4.78 is 0. The summed E-state index contributed by atoms with van der Waals surface area (Å²) in [6.07, 6.45) is 0.714. The van der Waals surface area contributed by atoms with Crippen LogP contribution < -0.4 is 11.1 Å². The van der Waals surface area contributed by atoms with Gasteiger partial charge in [0.15, 0.2) is 0 Å². The molecule has 1 unspecified atom stereocenters. The van der Waals surface area contributed by atoms with Crippen LogP contribution >= 0.6 is 0 Å². The van der Waals surface area contributed by atoms with E-state index < -0.39 is 0 Å². The van der Waals surface area contributed by atoms with Crippen LogP contribution in [0.25, 0.3) is 0 Å². The lowest BCUT2D eigenvalue weighted by Crippen LogP contribution is -2.41. The molecule has 1 amide bonds. The van der Waals surface area contributed by atoms with Crippen molar-refractivity contribution >= 4 is 5.91 Å². The van der Waals surface area contributed by atoms with Crippen LogP contribution in [0.15, 0.2) is 24.3 Å². The number of nitrogens with two attached hydrogens (primary N) is 1. The van der Waals surface area contributed by atoms with Crippen LogP contribution in [-0.4, -0.2) is 11.9 Å². The number of aryl methyl sites for hydroxylation is 1. The Morgan fingerprint density at radius 2 is 2.19 bits per heavy atom. The van der Waals surface area contributed by atoms with Gasteiger partial charge in [-0.3, -0.25) is 10.1 Å². The largest absolute Gasteiger partial charge is 0.368 e. The lowest BCUT2D eigenvalue weighted by molar-refractivity contribution is -0.120. The molecule has 0 fully saturated rings. The van der Waals surface area contributed by atoms with Crippen LogP contribution in [0.1, 0.15) is 37.4 Å².